The van der Waals surface area contributed by atoms with Crippen molar-refractivity contribution < 1.29 is 4.74 Å². The van der Waals surface area contributed by atoms with Gasteiger partial charge < -0.3 is 10.1 Å². The Kier molecular flexibility index (Phi) is 3.54. The number of aromatic nitrogens is 3. The first kappa shape index (κ1) is 14.5. The summed E-state index contributed by atoms with van der Waals surface area (Å²) in [6, 6.07) is 16.2. The maximum Gasteiger partial charge on any atom is 0.181 e. The molecule has 24 heavy (non-hydrogen) atoms. The number of hydrogen-bond donors (Lipinski definition) is 1. The Hall–Kier alpha value is -3.08. The minimum atomic E-state index is 0.663. The lowest BCUT2D eigenvalue weighted by Crippen LogP contribution is -2.00. The molecule has 2 aromatic heterocycles. The second-order valence-electron chi connectivity index (χ2n) is 5.46. The number of para-hydroxylation sites is 2. The molecule has 0 aliphatic heterocycles. The quantitative estimate of drug-likeness (QED) is 0.618. The van der Waals surface area contributed by atoms with E-state index in [2.05, 4.69) is 37.9 Å². The second kappa shape index (κ2) is 5.85. The van der Waals surface area contributed by atoms with Crippen LogP contribution in [0.1, 0.15) is 6.92 Å². The SMILES string of the molecule is CCOc1ccc(-c2cnc3c(NC)nc4ccccc4n23)cc1. The van der Waals surface area contributed by atoms with Crippen LogP contribution in [0.15, 0.2) is 54.7 Å². The first-order valence-electron chi connectivity index (χ1n) is 7.99. The summed E-state index contributed by atoms with van der Waals surface area (Å²) in [4.78, 5) is 9.23. The lowest BCUT2D eigenvalue weighted by molar-refractivity contribution is 0.340. The number of hydrogen-bond acceptors (Lipinski definition) is 4. The maximum absolute atomic E-state index is 5.53. The molecule has 0 unspecified atom stereocenters. The van der Waals surface area contributed by atoms with E-state index in [1.54, 1.807) is 0 Å². The van der Waals surface area contributed by atoms with E-state index < -0.39 is 0 Å². The summed E-state index contributed by atoms with van der Waals surface area (Å²) in [7, 11) is 1.86. The van der Waals surface area contributed by atoms with Crippen LogP contribution in [0.5, 0.6) is 5.75 Å². The molecule has 0 fully saturated rings. The number of imidazole rings is 1. The number of nitrogens with one attached hydrogen (secondary N) is 1. The fraction of sp³-hybridized carbons (Fsp3) is 0.158. The Balaban J connectivity index is 1.97. The van der Waals surface area contributed by atoms with E-state index in [9.17, 15) is 0 Å². The van der Waals surface area contributed by atoms with Crippen molar-refractivity contribution in [2.24, 2.45) is 0 Å². The van der Waals surface area contributed by atoms with E-state index >= 15 is 0 Å². The summed E-state index contributed by atoms with van der Waals surface area (Å²) < 4.78 is 7.67. The average molecular weight is 318 g/mol. The Morgan fingerprint density at radius 3 is 2.62 bits per heavy atom. The molecule has 5 heteroatoms. The molecule has 4 aromatic rings. The molecule has 4 rings (SSSR count). The molecule has 0 radical (unpaired) electrons. The number of anilines is 1. The summed E-state index contributed by atoms with van der Waals surface area (Å²) in [6.45, 7) is 2.65. The summed E-state index contributed by atoms with van der Waals surface area (Å²) in [5, 5.41) is 3.14. The molecule has 0 atom stereocenters. The van der Waals surface area contributed by atoms with Crippen LogP contribution in [-0.2, 0) is 0 Å². The lowest BCUT2D eigenvalue weighted by atomic mass is 10.1. The number of ether oxygens (including phenoxy) is 1. The summed E-state index contributed by atoms with van der Waals surface area (Å²) in [5.41, 5.74) is 4.90. The van der Waals surface area contributed by atoms with Crippen LogP contribution < -0.4 is 10.1 Å². The van der Waals surface area contributed by atoms with Crippen LogP contribution in [0, 0.1) is 0 Å². The first-order chi connectivity index (χ1) is 11.8. The van der Waals surface area contributed by atoms with Gasteiger partial charge in [-0.1, -0.05) is 12.1 Å². The number of nitrogens with zero attached hydrogens (tertiary/aromatic N) is 3. The molecule has 1 N–H and O–H groups in total. The van der Waals surface area contributed by atoms with E-state index in [1.807, 2.05) is 50.5 Å². The zero-order valence-corrected chi connectivity index (χ0v) is 13.7. The van der Waals surface area contributed by atoms with Crippen molar-refractivity contribution >= 4 is 22.5 Å². The molecule has 0 spiro atoms. The van der Waals surface area contributed by atoms with Gasteiger partial charge in [-0.3, -0.25) is 4.40 Å². The van der Waals surface area contributed by atoms with Gasteiger partial charge in [-0.2, -0.15) is 0 Å². The summed E-state index contributed by atoms with van der Waals surface area (Å²) >= 11 is 0. The zero-order valence-electron chi connectivity index (χ0n) is 13.7. The lowest BCUT2D eigenvalue weighted by Gasteiger charge is -2.10. The zero-order chi connectivity index (χ0) is 16.5. The third-order valence-corrected chi connectivity index (χ3v) is 4.03. The van der Waals surface area contributed by atoms with E-state index in [0.29, 0.717) is 6.61 Å². The predicted octanol–water partition coefficient (Wildman–Crippen LogP) is 3.99. The molecule has 0 saturated carbocycles. The van der Waals surface area contributed by atoms with Crippen molar-refractivity contribution in [3.05, 3.63) is 54.7 Å². The summed E-state index contributed by atoms with van der Waals surface area (Å²) in [6.07, 6.45) is 1.89. The van der Waals surface area contributed by atoms with Crippen molar-refractivity contribution in [2.75, 3.05) is 19.0 Å². The van der Waals surface area contributed by atoms with Gasteiger partial charge in [0.25, 0.3) is 0 Å². The van der Waals surface area contributed by atoms with Crippen LogP contribution in [0.4, 0.5) is 5.82 Å². The van der Waals surface area contributed by atoms with Gasteiger partial charge in [0.1, 0.15) is 5.75 Å². The monoisotopic (exact) mass is 318 g/mol. The smallest absolute Gasteiger partial charge is 0.181 e. The highest BCUT2D eigenvalue weighted by molar-refractivity contribution is 5.86. The van der Waals surface area contributed by atoms with Crippen molar-refractivity contribution in [3.63, 3.8) is 0 Å². The molecule has 120 valence electrons. The van der Waals surface area contributed by atoms with E-state index in [-0.39, 0.29) is 0 Å². The Bertz CT molecular complexity index is 1010. The molecule has 0 saturated heterocycles. The highest BCUT2D eigenvalue weighted by Crippen LogP contribution is 2.29. The number of rotatable bonds is 4. The van der Waals surface area contributed by atoms with Gasteiger partial charge >= 0.3 is 0 Å². The van der Waals surface area contributed by atoms with Crippen molar-refractivity contribution in [1.82, 2.24) is 14.4 Å². The van der Waals surface area contributed by atoms with Crippen LogP contribution in [0.2, 0.25) is 0 Å². The van der Waals surface area contributed by atoms with E-state index in [0.717, 1.165) is 39.5 Å². The molecular formula is C19H18N4O. The molecule has 0 aliphatic carbocycles. The van der Waals surface area contributed by atoms with E-state index in [1.165, 1.54) is 0 Å². The van der Waals surface area contributed by atoms with Crippen molar-refractivity contribution in [1.29, 1.82) is 0 Å². The van der Waals surface area contributed by atoms with Crippen LogP contribution >= 0.6 is 0 Å². The highest BCUT2D eigenvalue weighted by atomic mass is 16.5. The third-order valence-electron chi connectivity index (χ3n) is 4.03. The van der Waals surface area contributed by atoms with Gasteiger partial charge in [0, 0.05) is 12.6 Å². The molecular weight excluding hydrogens is 300 g/mol. The minimum Gasteiger partial charge on any atom is -0.494 e. The van der Waals surface area contributed by atoms with Gasteiger partial charge in [0.2, 0.25) is 0 Å². The number of benzene rings is 2. The fourth-order valence-corrected chi connectivity index (χ4v) is 2.94. The van der Waals surface area contributed by atoms with Gasteiger partial charge in [-0.05, 0) is 43.3 Å². The molecule has 2 heterocycles. The molecule has 0 amide bonds. The van der Waals surface area contributed by atoms with Gasteiger partial charge in [-0.25, -0.2) is 9.97 Å². The standard InChI is InChI=1S/C19H18N4O/c1-3-24-14-10-8-13(9-11-14)17-12-21-19-18(20-2)22-15-6-4-5-7-16(15)23(17)19/h4-12H,3H2,1-2H3,(H,20,22). The maximum atomic E-state index is 5.53. The predicted molar refractivity (Wildman–Crippen MR) is 96.6 cm³/mol. The molecule has 2 aromatic carbocycles. The highest BCUT2D eigenvalue weighted by Gasteiger charge is 2.13. The van der Waals surface area contributed by atoms with Gasteiger partial charge in [0.05, 0.1) is 29.5 Å². The van der Waals surface area contributed by atoms with Gasteiger partial charge in [0.15, 0.2) is 11.5 Å². The van der Waals surface area contributed by atoms with Crippen molar-refractivity contribution in [2.45, 2.75) is 6.92 Å². The van der Waals surface area contributed by atoms with E-state index in [4.69, 9.17) is 4.74 Å². The van der Waals surface area contributed by atoms with Crippen LogP contribution in [0.25, 0.3) is 27.9 Å². The van der Waals surface area contributed by atoms with Crippen LogP contribution in [0.3, 0.4) is 0 Å². The Morgan fingerprint density at radius 1 is 1.08 bits per heavy atom. The van der Waals surface area contributed by atoms with Crippen molar-refractivity contribution in [3.8, 4) is 17.0 Å². The fourth-order valence-electron chi connectivity index (χ4n) is 2.94. The molecule has 5 nitrogen and oxygen atoms in total. The topological polar surface area (TPSA) is 51.5 Å². The second-order valence-corrected chi connectivity index (χ2v) is 5.46. The minimum absolute atomic E-state index is 0.663. The third kappa shape index (κ3) is 2.25. The Labute approximate surface area is 139 Å². The number of fused-ring (bicyclic) bond motifs is 3. The normalized spacial score (nSPS) is 11.1. The average Bonchev–Trinajstić information content (AvgIpc) is 3.07. The molecule has 0 aliphatic rings. The Morgan fingerprint density at radius 2 is 1.88 bits per heavy atom. The summed E-state index contributed by atoms with van der Waals surface area (Å²) in [5.74, 6) is 1.64. The van der Waals surface area contributed by atoms with Gasteiger partial charge in [-0.15, -0.1) is 0 Å². The first-order valence-corrected chi connectivity index (χ1v) is 7.99. The molecule has 0 bridgehead atoms. The largest absolute Gasteiger partial charge is 0.494 e. The van der Waals surface area contributed by atoms with Crippen LogP contribution in [-0.4, -0.2) is 28.0 Å².